The summed E-state index contributed by atoms with van der Waals surface area (Å²) in [5.74, 6) is 0.217. The van der Waals surface area contributed by atoms with Crippen molar-refractivity contribution in [2.24, 2.45) is 5.41 Å². The first-order valence-corrected chi connectivity index (χ1v) is 6.61. The van der Waals surface area contributed by atoms with Gasteiger partial charge in [0.25, 0.3) is 0 Å². The van der Waals surface area contributed by atoms with Gasteiger partial charge in [-0.25, -0.2) is 4.79 Å². The summed E-state index contributed by atoms with van der Waals surface area (Å²) in [7, 11) is 0. The fraction of sp³-hybridized carbons (Fsp3) is 0.786. The van der Waals surface area contributed by atoms with Crippen LogP contribution in [-0.2, 0) is 4.74 Å². The summed E-state index contributed by atoms with van der Waals surface area (Å²) in [5, 5.41) is 9.81. The van der Waals surface area contributed by atoms with E-state index in [2.05, 4.69) is 6.58 Å². The Morgan fingerprint density at radius 2 is 1.94 bits per heavy atom. The molecule has 18 heavy (non-hydrogen) atoms. The van der Waals surface area contributed by atoms with Crippen LogP contribution in [0.1, 0.15) is 46.5 Å². The van der Waals surface area contributed by atoms with Gasteiger partial charge in [-0.3, -0.25) is 0 Å². The molecule has 4 heteroatoms. The van der Waals surface area contributed by atoms with E-state index in [9.17, 15) is 9.90 Å². The third-order valence-electron chi connectivity index (χ3n) is 4.07. The van der Waals surface area contributed by atoms with Crippen molar-refractivity contribution in [3.63, 3.8) is 0 Å². The van der Waals surface area contributed by atoms with Crippen LogP contribution in [0, 0.1) is 5.41 Å². The predicted octanol–water partition coefficient (Wildman–Crippen LogP) is 3.24. The summed E-state index contributed by atoms with van der Waals surface area (Å²) in [5.41, 5.74) is -0.775. The smallest absolute Gasteiger partial charge is 0.410 e. The molecule has 0 aromatic heterocycles. The lowest BCUT2D eigenvalue weighted by atomic mass is 9.67. The van der Waals surface area contributed by atoms with Gasteiger partial charge in [0.2, 0.25) is 0 Å². The molecule has 0 aromatic carbocycles. The maximum absolute atomic E-state index is 12.2. The summed E-state index contributed by atoms with van der Waals surface area (Å²) in [4.78, 5) is 13.9. The summed E-state index contributed by atoms with van der Waals surface area (Å²) in [6.07, 6.45) is 3.44. The van der Waals surface area contributed by atoms with Crippen LogP contribution < -0.4 is 0 Å². The fourth-order valence-corrected chi connectivity index (χ4v) is 2.99. The van der Waals surface area contributed by atoms with E-state index in [1.165, 1.54) is 0 Å². The van der Waals surface area contributed by atoms with E-state index in [0.717, 1.165) is 25.7 Å². The van der Waals surface area contributed by atoms with E-state index in [1.807, 2.05) is 20.8 Å². The number of fused-ring (bicyclic) bond motifs is 3. The molecule has 3 fully saturated rings. The Morgan fingerprint density at radius 1 is 1.39 bits per heavy atom. The number of aliphatic hydroxyl groups is 1. The molecule has 2 heterocycles. The Hall–Kier alpha value is -1.19. The number of amides is 1. The molecule has 1 saturated carbocycles. The molecule has 3 aliphatic rings. The number of nitrogens with zero attached hydrogens (tertiary/aromatic N) is 1. The zero-order chi connectivity index (χ0) is 13.6. The first-order chi connectivity index (χ1) is 8.23. The summed E-state index contributed by atoms with van der Waals surface area (Å²) in [6.45, 7) is 9.84. The maximum atomic E-state index is 12.2. The molecule has 0 radical (unpaired) electrons. The highest BCUT2D eigenvalue weighted by Gasteiger charge is 2.49. The second kappa shape index (κ2) is 4.18. The van der Waals surface area contributed by atoms with Crippen molar-refractivity contribution in [2.45, 2.75) is 58.1 Å². The third kappa shape index (κ3) is 2.33. The molecule has 2 bridgehead atoms. The molecule has 1 N–H and O–H groups in total. The Labute approximate surface area is 109 Å². The minimum atomic E-state index is -0.475. The zero-order valence-corrected chi connectivity index (χ0v) is 11.5. The number of rotatable bonds is 1. The van der Waals surface area contributed by atoms with Gasteiger partial charge in [-0.15, -0.1) is 0 Å². The van der Waals surface area contributed by atoms with Crippen molar-refractivity contribution < 1.29 is 14.6 Å². The fourth-order valence-electron chi connectivity index (χ4n) is 2.99. The number of ether oxygens (including phenoxy) is 1. The molecule has 3 rings (SSSR count). The van der Waals surface area contributed by atoms with E-state index < -0.39 is 5.60 Å². The standard InChI is InChI=1S/C14H23NO3/c1-10(16)14-7-5-11(6-8-14)15(9-14)12(17)18-13(2,3)4/h11,16H,1,5-9H2,2-4H3. The summed E-state index contributed by atoms with van der Waals surface area (Å²) >= 11 is 0. The van der Waals surface area contributed by atoms with Crippen LogP contribution in [0.15, 0.2) is 12.3 Å². The predicted molar refractivity (Wildman–Crippen MR) is 69.4 cm³/mol. The zero-order valence-electron chi connectivity index (χ0n) is 11.5. The molecule has 2 saturated heterocycles. The molecular weight excluding hydrogens is 230 g/mol. The minimum absolute atomic E-state index is 0.217. The average Bonchev–Trinajstić information content (AvgIpc) is 2.28. The molecule has 1 aliphatic carbocycles. The van der Waals surface area contributed by atoms with E-state index >= 15 is 0 Å². The lowest BCUT2D eigenvalue weighted by Crippen LogP contribution is -2.57. The number of hydrogen-bond acceptors (Lipinski definition) is 3. The summed E-state index contributed by atoms with van der Waals surface area (Å²) in [6, 6.07) is 0.265. The molecule has 2 aliphatic heterocycles. The third-order valence-corrected chi connectivity index (χ3v) is 4.07. The van der Waals surface area contributed by atoms with E-state index in [1.54, 1.807) is 4.90 Å². The highest BCUT2D eigenvalue weighted by atomic mass is 16.6. The highest BCUT2D eigenvalue weighted by molar-refractivity contribution is 5.69. The first kappa shape index (κ1) is 13.2. The van der Waals surface area contributed by atoms with Gasteiger partial charge in [0, 0.05) is 18.0 Å². The molecule has 0 unspecified atom stereocenters. The minimum Gasteiger partial charge on any atom is -0.512 e. The molecule has 0 atom stereocenters. The molecular formula is C14H23NO3. The van der Waals surface area contributed by atoms with Crippen LogP contribution in [0.3, 0.4) is 0 Å². The largest absolute Gasteiger partial charge is 0.512 e. The Bertz CT molecular complexity index is 362. The maximum Gasteiger partial charge on any atom is 0.410 e. The number of carbonyl (C=O) groups is 1. The molecule has 4 nitrogen and oxygen atoms in total. The molecule has 0 spiro atoms. The van der Waals surface area contributed by atoms with Gasteiger partial charge in [0.05, 0.1) is 5.76 Å². The van der Waals surface area contributed by atoms with Crippen LogP contribution in [0.4, 0.5) is 4.79 Å². The Morgan fingerprint density at radius 3 is 2.39 bits per heavy atom. The van der Waals surface area contributed by atoms with Gasteiger partial charge in [-0.05, 0) is 46.5 Å². The lowest BCUT2D eigenvalue weighted by Gasteiger charge is -2.51. The lowest BCUT2D eigenvalue weighted by molar-refractivity contribution is -0.0414. The van der Waals surface area contributed by atoms with Crippen molar-refractivity contribution in [3.8, 4) is 0 Å². The van der Waals surface area contributed by atoms with Crippen molar-refractivity contribution in [1.29, 1.82) is 0 Å². The number of aliphatic hydroxyl groups excluding tert-OH is 1. The monoisotopic (exact) mass is 253 g/mol. The van der Waals surface area contributed by atoms with E-state index in [0.29, 0.717) is 6.54 Å². The van der Waals surface area contributed by atoms with Gasteiger partial charge in [-0.1, -0.05) is 6.58 Å². The topological polar surface area (TPSA) is 49.8 Å². The molecule has 102 valence electrons. The molecule has 0 aromatic rings. The number of hydrogen-bond donors (Lipinski definition) is 1. The Kier molecular flexibility index (Phi) is 3.07. The second-order valence-electron chi connectivity index (χ2n) is 6.57. The van der Waals surface area contributed by atoms with Gasteiger partial charge in [0.1, 0.15) is 5.60 Å². The van der Waals surface area contributed by atoms with Crippen molar-refractivity contribution in [2.75, 3.05) is 6.54 Å². The van der Waals surface area contributed by atoms with Crippen LogP contribution >= 0.6 is 0 Å². The van der Waals surface area contributed by atoms with Crippen LogP contribution in [0.5, 0.6) is 0 Å². The van der Waals surface area contributed by atoms with Crippen LogP contribution in [0.2, 0.25) is 0 Å². The van der Waals surface area contributed by atoms with Crippen molar-refractivity contribution in [1.82, 2.24) is 4.90 Å². The Balaban J connectivity index is 2.11. The quantitative estimate of drug-likeness (QED) is 0.730. The number of carbonyl (C=O) groups excluding carboxylic acids is 1. The van der Waals surface area contributed by atoms with Crippen molar-refractivity contribution >= 4 is 6.09 Å². The van der Waals surface area contributed by atoms with Crippen LogP contribution in [0.25, 0.3) is 0 Å². The van der Waals surface area contributed by atoms with Gasteiger partial charge >= 0.3 is 6.09 Å². The number of piperidine rings is 2. The van der Waals surface area contributed by atoms with Gasteiger partial charge < -0.3 is 14.7 Å². The highest BCUT2D eigenvalue weighted by Crippen LogP contribution is 2.48. The normalized spacial score (nSPS) is 31.3. The van der Waals surface area contributed by atoms with Gasteiger partial charge in [0.15, 0.2) is 0 Å². The van der Waals surface area contributed by atoms with Gasteiger partial charge in [-0.2, -0.15) is 0 Å². The first-order valence-electron chi connectivity index (χ1n) is 6.61. The van der Waals surface area contributed by atoms with E-state index in [4.69, 9.17) is 4.74 Å². The summed E-state index contributed by atoms with van der Waals surface area (Å²) < 4.78 is 5.43. The average molecular weight is 253 g/mol. The van der Waals surface area contributed by atoms with E-state index in [-0.39, 0.29) is 23.3 Å². The molecule has 1 amide bonds. The SMILES string of the molecule is C=C(O)C12CCC(CC1)N(C(=O)OC(C)(C)C)C2. The van der Waals surface area contributed by atoms with Crippen LogP contribution in [-0.4, -0.2) is 34.3 Å². The second-order valence-corrected chi connectivity index (χ2v) is 6.57. The van der Waals surface area contributed by atoms with Crippen molar-refractivity contribution in [3.05, 3.63) is 12.3 Å².